The molecular weight excluding hydrogens is 199 g/mol. The van der Waals surface area contributed by atoms with E-state index in [1.807, 2.05) is 0 Å². The van der Waals surface area contributed by atoms with Crippen LogP contribution in [0.4, 0.5) is 13.2 Å². The van der Waals surface area contributed by atoms with Crippen LogP contribution in [0.3, 0.4) is 0 Å². The van der Waals surface area contributed by atoms with Gasteiger partial charge in [0, 0.05) is 6.04 Å². The van der Waals surface area contributed by atoms with E-state index in [9.17, 15) is 13.2 Å². The first-order valence-electron chi connectivity index (χ1n) is 4.25. The minimum absolute atomic E-state index is 0.847. The van der Waals surface area contributed by atoms with Crippen molar-refractivity contribution in [2.45, 2.75) is 32.0 Å². The van der Waals surface area contributed by atoms with Crippen molar-refractivity contribution in [3.8, 4) is 0 Å². The third-order valence-corrected chi connectivity index (χ3v) is 2.13. The monoisotopic (exact) mass is 213 g/mol. The van der Waals surface area contributed by atoms with Crippen LogP contribution in [-0.2, 0) is 4.79 Å². The second-order valence-electron chi connectivity index (χ2n) is 3.27. The van der Waals surface area contributed by atoms with Crippen molar-refractivity contribution < 1.29 is 23.1 Å². The van der Waals surface area contributed by atoms with Gasteiger partial charge in [0.1, 0.15) is 0 Å². The van der Waals surface area contributed by atoms with Crippen molar-refractivity contribution in [2.75, 3.05) is 13.6 Å². The van der Waals surface area contributed by atoms with Crippen molar-refractivity contribution in [3.05, 3.63) is 0 Å². The molecule has 1 aliphatic rings. The summed E-state index contributed by atoms with van der Waals surface area (Å²) in [7, 11) is 2.19. The van der Waals surface area contributed by atoms with Gasteiger partial charge in [0.15, 0.2) is 0 Å². The van der Waals surface area contributed by atoms with Crippen LogP contribution >= 0.6 is 0 Å². The Kier molecular flexibility index (Phi) is 4.90. The fourth-order valence-corrected chi connectivity index (χ4v) is 1.08. The van der Waals surface area contributed by atoms with Crippen molar-refractivity contribution in [1.82, 2.24) is 4.90 Å². The highest BCUT2D eigenvalue weighted by molar-refractivity contribution is 5.73. The first-order valence-corrected chi connectivity index (χ1v) is 4.25. The van der Waals surface area contributed by atoms with Crippen molar-refractivity contribution in [1.29, 1.82) is 0 Å². The molecule has 0 aromatic carbocycles. The number of carboxylic acid groups (broad SMARTS) is 1. The highest BCUT2D eigenvalue weighted by Crippen LogP contribution is 2.13. The number of hydrogen-bond acceptors (Lipinski definition) is 2. The first kappa shape index (κ1) is 13.2. The molecule has 6 heteroatoms. The summed E-state index contributed by atoms with van der Waals surface area (Å²) < 4.78 is 31.7. The van der Waals surface area contributed by atoms with Crippen LogP contribution in [0.1, 0.15) is 19.8 Å². The average molecular weight is 213 g/mol. The molecule has 14 heavy (non-hydrogen) atoms. The number of halogens is 3. The molecule has 1 heterocycles. The Hall–Kier alpha value is -0.780. The van der Waals surface area contributed by atoms with Crippen LogP contribution in [0, 0.1) is 0 Å². The molecule has 0 aromatic heterocycles. The molecular formula is C8H14F3NO2. The summed E-state index contributed by atoms with van der Waals surface area (Å²) in [5, 5.41) is 7.12. The van der Waals surface area contributed by atoms with Crippen LogP contribution in [0.5, 0.6) is 0 Å². The number of rotatable bonds is 0. The van der Waals surface area contributed by atoms with Gasteiger partial charge in [-0.1, -0.05) is 0 Å². The predicted octanol–water partition coefficient (Wildman–Crippen LogP) is 1.73. The molecule has 1 aliphatic heterocycles. The Morgan fingerprint density at radius 2 is 1.93 bits per heavy atom. The van der Waals surface area contributed by atoms with Crippen molar-refractivity contribution in [3.63, 3.8) is 0 Å². The van der Waals surface area contributed by atoms with Gasteiger partial charge in [-0.3, -0.25) is 0 Å². The molecule has 0 aromatic rings. The van der Waals surface area contributed by atoms with Gasteiger partial charge in [0.25, 0.3) is 0 Å². The van der Waals surface area contributed by atoms with Gasteiger partial charge in [0.2, 0.25) is 0 Å². The molecule has 0 radical (unpaired) electrons. The van der Waals surface area contributed by atoms with Crippen LogP contribution < -0.4 is 0 Å². The van der Waals surface area contributed by atoms with Gasteiger partial charge >= 0.3 is 12.1 Å². The fraction of sp³-hybridized carbons (Fsp3) is 0.875. The third-order valence-electron chi connectivity index (χ3n) is 2.13. The van der Waals surface area contributed by atoms with Gasteiger partial charge in [-0.05, 0) is 33.4 Å². The Balaban J connectivity index is 0.000000241. The molecule has 1 saturated heterocycles. The van der Waals surface area contributed by atoms with E-state index in [0.29, 0.717) is 0 Å². The molecule has 0 aliphatic carbocycles. The zero-order chi connectivity index (χ0) is 11.4. The smallest absolute Gasteiger partial charge is 0.475 e. The van der Waals surface area contributed by atoms with Crippen LogP contribution in [0.25, 0.3) is 0 Å². The van der Waals surface area contributed by atoms with E-state index in [0.717, 1.165) is 6.04 Å². The second kappa shape index (κ2) is 5.19. The molecule has 1 N–H and O–H groups in total. The molecule has 0 amide bonds. The number of carbonyl (C=O) groups is 1. The number of likely N-dealkylation sites (tertiary alicyclic amines) is 1. The summed E-state index contributed by atoms with van der Waals surface area (Å²) in [5.41, 5.74) is 0. The summed E-state index contributed by atoms with van der Waals surface area (Å²) >= 11 is 0. The molecule has 0 saturated carbocycles. The van der Waals surface area contributed by atoms with Gasteiger partial charge in [-0.2, -0.15) is 13.2 Å². The topological polar surface area (TPSA) is 40.5 Å². The van der Waals surface area contributed by atoms with E-state index in [2.05, 4.69) is 18.9 Å². The molecule has 0 bridgehead atoms. The van der Waals surface area contributed by atoms with Crippen LogP contribution in [-0.4, -0.2) is 41.8 Å². The number of alkyl halides is 3. The summed E-state index contributed by atoms with van der Waals surface area (Å²) in [6, 6.07) is 0.847. The van der Waals surface area contributed by atoms with Crippen molar-refractivity contribution >= 4 is 5.97 Å². The quantitative estimate of drug-likeness (QED) is 0.666. The molecule has 1 fully saturated rings. The van der Waals surface area contributed by atoms with Gasteiger partial charge in [-0.25, -0.2) is 4.79 Å². The van der Waals surface area contributed by atoms with E-state index in [-0.39, 0.29) is 0 Å². The van der Waals surface area contributed by atoms with Crippen molar-refractivity contribution in [2.24, 2.45) is 0 Å². The normalized spacial score (nSPS) is 22.8. The van der Waals surface area contributed by atoms with Gasteiger partial charge in [0.05, 0.1) is 0 Å². The Labute approximate surface area is 80.5 Å². The van der Waals surface area contributed by atoms with E-state index in [4.69, 9.17) is 9.90 Å². The summed E-state index contributed by atoms with van der Waals surface area (Å²) in [6.07, 6.45) is -2.28. The number of hydrogen-bond donors (Lipinski definition) is 1. The highest BCUT2D eigenvalue weighted by atomic mass is 19.4. The van der Waals surface area contributed by atoms with E-state index in [1.165, 1.54) is 19.4 Å². The molecule has 1 rings (SSSR count). The molecule has 0 spiro atoms. The molecule has 84 valence electrons. The summed E-state index contributed by atoms with van der Waals surface area (Å²) in [4.78, 5) is 11.3. The van der Waals surface area contributed by atoms with Gasteiger partial charge < -0.3 is 10.0 Å². The van der Waals surface area contributed by atoms with E-state index < -0.39 is 12.1 Å². The third kappa shape index (κ3) is 5.06. The lowest BCUT2D eigenvalue weighted by molar-refractivity contribution is -0.192. The molecule has 3 nitrogen and oxygen atoms in total. The van der Waals surface area contributed by atoms with Crippen LogP contribution in [0.2, 0.25) is 0 Å². The lowest BCUT2D eigenvalue weighted by atomic mass is 10.3. The summed E-state index contributed by atoms with van der Waals surface area (Å²) in [5.74, 6) is -2.76. The maximum absolute atomic E-state index is 10.6. The molecule has 1 atom stereocenters. The zero-order valence-electron chi connectivity index (χ0n) is 8.14. The minimum Gasteiger partial charge on any atom is -0.475 e. The second-order valence-corrected chi connectivity index (χ2v) is 3.27. The Morgan fingerprint density at radius 1 is 1.50 bits per heavy atom. The summed E-state index contributed by atoms with van der Waals surface area (Å²) in [6.45, 7) is 3.59. The number of nitrogens with zero attached hydrogens (tertiary/aromatic N) is 1. The fourth-order valence-electron chi connectivity index (χ4n) is 1.08. The minimum atomic E-state index is -5.08. The van der Waals surface area contributed by atoms with E-state index in [1.54, 1.807) is 0 Å². The Bertz CT molecular complexity index is 186. The van der Waals surface area contributed by atoms with Crippen LogP contribution in [0.15, 0.2) is 0 Å². The van der Waals surface area contributed by atoms with Gasteiger partial charge in [-0.15, -0.1) is 0 Å². The zero-order valence-corrected chi connectivity index (χ0v) is 8.14. The standard InChI is InChI=1S/C6H13N.C2HF3O2/c1-6-4-3-5-7(6)2;3-2(4,5)1(6)7/h6H,3-5H2,1-2H3;(H,6,7). The highest BCUT2D eigenvalue weighted by Gasteiger charge is 2.38. The maximum atomic E-state index is 10.6. The SMILES string of the molecule is CC1CCCN1C.O=C(O)C(F)(F)F. The molecule has 1 unspecified atom stereocenters. The number of carboxylic acids is 1. The lowest BCUT2D eigenvalue weighted by Crippen LogP contribution is -2.21. The predicted molar refractivity (Wildman–Crippen MR) is 45.0 cm³/mol. The largest absolute Gasteiger partial charge is 0.490 e. The lowest BCUT2D eigenvalue weighted by Gasteiger charge is -2.12. The first-order chi connectivity index (χ1) is 6.25. The number of aliphatic carboxylic acids is 1. The Morgan fingerprint density at radius 3 is 2.00 bits per heavy atom. The average Bonchev–Trinajstić information content (AvgIpc) is 2.35. The maximum Gasteiger partial charge on any atom is 0.490 e. The van der Waals surface area contributed by atoms with E-state index >= 15 is 0 Å².